The summed E-state index contributed by atoms with van der Waals surface area (Å²) in [6.07, 6.45) is -4.73. The van der Waals surface area contributed by atoms with Crippen LogP contribution in [0.15, 0.2) is 12.1 Å². The summed E-state index contributed by atoms with van der Waals surface area (Å²) in [4.78, 5) is 0. The van der Waals surface area contributed by atoms with E-state index >= 15 is 0 Å². The molecule has 0 bridgehead atoms. The zero-order chi connectivity index (χ0) is 13.4. The van der Waals surface area contributed by atoms with Gasteiger partial charge in [-0.2, -0.15) is 0 Å². The van der Waals surface area contributed by atoms with Gasteiger partial charge in [0, 0.05) is 5.56 Å². The molecule has 0 atom stereocenters. The summed E-state index contributed by atoms with van der Waals surface area (Å²) < 4.78 is 41.0. The first kappa shape index (κ1) is 13.7. The molecule has 0 amide bonds. The van der Waals surface area contributed by atoms with Crippen LogP contribution in [0.25, 0.3) is 0 Å². The lowest BCUT2D eigenvalue weighted by molar-refractivity contribution is -0.275. The van der Waals surface area contributed by atoms with Gasteiger partial charge in [-0.15, -0.1) is 13.2 Å². The van der Waals surface area contributed by atoms with E-state index in [1.54, 1.807) is 20.8 Å². The normalized spacial score (nSPS) is 12.6. The van der Waals surface area contributed by atoms with Crippen molar-refractivity contribution in [2.75, 3.05) is 0 Å². The van der Waals surface area contributed by atoms with Gasteiger partial charge in [0.2, 0.25) is 0 Å². The van der Waals surface area contributed by atoms with Crippen molar-refractivity contribution in [3.8, 4) is 11.5 Å². The number of rotatable bonds is 1. The number of hydrogen-bond donors (Lipinski definition) is 1. The van der Waals surface area contributed by atoms with Crippen LogP contribution < -0.4 is 4.74 Å². The predicted molar refractivity (Wildman–Crippen MR) is 58.2 cm³/mol. The highest BCUT2D eigenvalue weighted by atomic mass is 19.4. The summed E-state index contributed by atoms with van der Waals surface area (Å²) in [6, 6.07) is 2.55. The smallest absolute Gasteiger partial charge is 0.508 e. The SMILES string of the molecule is Cc1cc(O)cc(C(C)(C)C)c1OC(F)(F)F. The van der Waals surface area contributed by atoms with E-state index in [2.05, 4.69) is 4.74 Å². The Balaban J connectivity index is 3.36. The number of aryl methyl sites for hydroxylation is 1. The molecule has 0 aromatic heterocycles. The van der Waals surface area contributed by atoms with Crippen molar-refractivity contribution in [3.63, 3.8) is 0 Å². The lowest BCUT2D eigenvalue weighted by atomic mass is 9.85. The van der Waals surface area contributed by atoms with Crippen LogP contribution in [0, 0.1) is 6.92 Å². The highest BCUT2D eigenvalue weighted by Crippen LogP contribution is 2.39. The fraction of sp³-hybridized carbons (Fsp3) is 0.500. The molecule has 0 aliphatic heterocycles. The number of benzene rings is 1. The molecule has 0 unspecified atom stereocenters. The first-order valence-electron chi connectivity index (χ1n) is 5.10. The minimum atomic E-state index is -4.73. The predicted octanol–water partition coefficient (Wildman–Crippen LogP) is 3.90. The molecule has 96 valence electrons. The Bertz CT molecular complexity index is 417. The standard InChI is InChI=1S/C12H15F3O2/c1-7-5-8(16)6-9(11(2,3)4)10(7)17-12(13,14)15/h5-6,16H,1-4H3. The van der Waals surface area contributed by atoms with Crippen LogP contribution in [-0.2, 0) is 5.41 Å². The van der Waals surface area contributed by atoms with Crippen molar-refractivity contribution in [1.29, 1.82) is 0 Å². The number of ether oxygens (including phenoxy) is 1. The average molecular weight is 248 g/mol. The molecule has 0 spiro atoms. The van der Waals surface area contributed by atoms with Gasteiger partial charge in [-0.3, -0.25) is 0 Å². The Morgan fingerprint density at radius 1 is 1.12 bits per heavy atom. The first-order chi connectivity index (χ1) is 7.50. The maximum atomic E-state index is 12.3. The third-order valence-corrected chi connectivity index (χ3v) is 2.29. The van der Waals surface area contributed by atoms with Gasteiger partial charge in [-0.05, 0) is 30.0 Å². The number of aromatic hydroxyl groups is 1. The lowest BCUT2D eigenvalue weighted by Crippen LogP contribution is -2.22. The molecule has 0 aliphatic carbocycles. The molecular weight excluding hydrogens is 233 g/mol. The number of hydrogen-bond acceptors (Lipinski definition) is 2. The van der Waals surface area contributed by atoms with Crippen molar-refractivity contribution >= 4 is 0 Å². The molecule has 1 aromatic carbocycles. The zero-order valence-corrected chi connectivity index (χ0v) is 10.1. The van der Waals surface area contributed by atoms with Gasteiger partial charge in [0.1, 0.15) is 11.5 Å². The molecule has 0 radical (unpaired) electrons. The highest BCUT2D eigenvalue weighted by molar-refractivity contribution is 5.49. The third-order valence-electron chi connectivity index (χ3n) is 2.29. The average Bonchev–Trinajstić information content (AvgIpc) is 2.05. The fourth-order valence-corrected chi connectivity index (χ4v) is 1.56. The molecule has 0 saturated carbocycles. The maximum absolute atomic E-state index is 12.3. The van der Waals surface area contributed by atoms with Crippen LogP contribution in [0.5, 0.6) is 11.5 Å². The minimum Gasteiger partial charge on any atom is -0.508 e. The Hall–Kier alpha value is -1.39. The van der Waals surface area contributed by atoms with Crippen molar-refractivity contribution < 1.29 is 23.0 Å². The van der Waals surface area contributed by atoms with Gasteiger partial charge in [0.25, 0.3) is 0 Å². The molecule has 1 aromatic rings. The van der Waals surface area contributed by atoms with Crippen LogP contribution in [-0.4, -0.2) is 11.5 Å². The molecule has 2 nitrogen and oxygen atoms in total. The summed E-state index contributed by atoms with van der Waals surface area (Å²) >= 11 is 0. The van der Waals surface area contributed by atoms with Gasteiger partial charge in [0.15, 0.2) is 0 Å². The van der Waals surface area contributed by atoms with Crippen LogP contribution in [0.2, 0.25) is 0 Å². The van der Waals surface area contributed by atoms with E-state index in [-0.39, 0.29) is 17.1 Å². The van der Waals surface area contributed by atoms with E-state index in [9.17, 15) is 18.3 Å². The monoisotopic (exact) mass is 248 g/mol. The fourth-order valence-electron chi connectivity index (χ4n) is 1.56. The van der Waals surface area contributed by atoms with Crippen molar-refractivity contribution in [2.24, 2.45) is 0 Å². The number of halogens is 3. The van der Waals surface area contributed by atoms with E-state index in [0.717, 1.165) is 0 Å². The Kier molecular flexibility index (Phi) is 3.32. The Labute approximate surface area is 98.0 Å². The number of phenolic OH excluding ortho intramolecular Hbond substituents is 1. The molecular formula is C12H15F3O2. The topological polar surface area (TPSA) is 29.5 Å². The third kappa shape index (κ3) is 3.54. The quantitative estimate of drug-likeness (QED) is 0.816. The van der Waals surface area contributed by atoms with Gasteiger partial charge in [-0.1, -0.05) is 20.8 Å². The first-order valence-corrected chi connectivity index (χ1v) is 5.10. The lowest BCUT2D eigenvalue weighted by Gasteiger charge is -2.25. The van der Waals surface area contributed by atoms with Crippen LogP contribution in [0.4, 0.5) is 13.2 Å². The largest absolute Gasteiger partial charge is 0.573 e. The highest BCUT2D eigenvalue weighted by Gasteiger charge is 2.34. The van der Waals surface area contributed by atoms with E-state index in [1.165, 1.54) is 19.1 Å². The van der Waals surface area contributed by atoms with Gasteiger partial charge in [-0.25, -0.2) is 0 Å². The van der Waals surface area contributed by atoms with Gasteiger partial charge < -0.3 is 9.84 Å². The molecule has 5 heteroatoms. The summed E-state index contributed by atoms with van der Waals surface area (Å²) in [5.41, 5.74) is 0.0314. The van der Waals surface area contributed by atoms with Crippen molar-refractivity contribution in [2.45, 2.75) is 39.5 Å². The van der Waals surface area contributed by atoms with Crippen molar-refractivity contribution in [3.05, 3.63) is 23.3 Å². The van der Waals surface area contributed by atoms with E-state index in [1.807, 2.05) is 0 Å². The summed E-state index contributed by atoms with van der Waals surface area (Å²) in [5.74, 6) is -0.301. The molecule has 17 heavy (non-hydrogen) atoms. The molecule has 0 saturated heterocycles. The van der Waals surface area contributed by atoms with Gasteiger partial charge >= 0.3 is 6.36 Å². The second-order valence-electron chi connectivity index (χ2n) is 4.94. The van der Waals surface area contributed by atoms with Gasteiger partial charge in [0.05, 0.1) is 0 Å². The second-order valence-corrected chi connectivity index (χ2v) is 4.94. The Morgan fingerprint density at radius 2 is 1.65 bits per heavy atom. The summed E-state index contributed by atoms with van der Waals surface area (Å²) in [5, 5.41) is 9.44. The minimum absolute atomic E-state index is 0.0676. The molecule has 0 heterocycles. The van der Waals surface area contributed by atoms with Crippen LogP contribution in [0.1, 0.15) is 31.9 Å². The van der Waals surface area contributed by atoms with E-state index < -0.39 is 11.8 Å². The number of alkyl halides is 3. The summed E-state index contributed by atoms with van der Waals surface area (Å²) in [6.45, 7) is 6.73. The Morgan fingerprint density at radius 3 is 2.06 bits per heavy atom. The van der Waals surface area contributed by atoms with E-state index in [4.69, 9.17) is 0 Å². The molecule has 1 N–H and O–H groups in total. The maximum Gasteiger partial charge on any atom is 0.573 e. The number of phenols is 1. The molecule has 0 aliphatic rings. The van der Waals surface area contributed by atoms with E-state index in [0.29, 0.717) is 5.56 Å². The molecule has 1 rings (SSSR count). The van der Waals surface area contributed by atoms with Crippen LogP contribution >= 0.6 is 0 Å². The summed E-state index contributed by atoms with van der Waals surface area (Å²) in [7, 11) is 0. The second kappa shape index (κ2) is 4.13. The van der Waals surface area contributed by atoms with Crippen molar-refractivity contribution in [1.82, 2.24) is 0 Å². The zero-order valence-electron chi connectivity index (χ0n) is 10.1. The van der Waals surface area contributed by atoms with Crippen LogP contribution in [0.3, 0.4) is 0 Å². The molecule has 0 fully saturated rings.